The summed E-state index contributed by atoms with van der Waals surface area (Å²) in [5.41, 5.74) is 2.27. The third-order valence-electron chi connectivity index (χ3n) is 5.36. The van der Waals surface area contributed by atoms with Gasteiger partial charge in [-0.05, 0) is 47.2 Å². The largest absolute Gasteiger partial charge is 0.395 e. The molecule has 2 heterocycles. The molecule has 0 fully saturated rings. The predicted molar refractivity (Wildman–Crippen MR) is 120 cm³/mol. The molecule has 8 heteroatoms. The minimum Gasteiger partial charge on any atom is -0.395 e. The highest BCUT2D eigenvalue weighted by atomic mass is 32.2. The van der Waals surface area contributed by atoms with Crippen LogP contribution in [-0.4, -0.2) is 48.3 Å². The number of nitrogens with zero attached hydrogens (tertiary/aromatic N) is 2. The highest BCUT2D eigenvalue weighted by molar-refractivity contribution is 7.89. The Hall–Kier alpha value is -2.52. The fraction of sp³-hybridized carbons (Fsp3) is 0.261. The average Bonchev–Trinajstić information content (AvgIpc) is 3.27. The van der Waals surface area contributed by atoms with Crippen LogP contribution in [0.15, 0.2) is 70.9 Å². The van der Waals surface area contributed by atoms with Crippen LogP contribution in [-0.2, 0) is 29.5 Å². The van der Waals surface area contributed by atoms with E-state index >= 15 is 0 Å². The lowest BCUT2D eigenvalue weighted by atomic mass is 10.1. The molecule has 1 amide bonds. The van der Waals surface area contributed by atoms with E-state index in [0.29, 0.717) is 31.6 Å². The second-order valence-corrected chi connectivity index (χ2v) is 10.4. The number of aliphatic hydroxyl groups excluding tert-OH is 1. The van der Waals surface area contributed by atoms with E-state index in [0.717, 1.165) is 11.1 Å². The summed E-state index contributed by atoms with van der Waals surface area (Å²) in [4.78, 5) is 16.0. The molecule has 0 aliphatic carbocycles. The van der Waals surface area contributed by atoms with Crippen LogP contribution in [0.2, 0.25) is 0 Å². The number of fused-ring (bicyclic) bond motifs is 1. The van der Waals surface area contributed by atoms with E-state index in [1.807, 2.05) is 41.8 Å². The van der Waals surface area contributed by atoms with Gasteiger partial charge in [-0.1, -0.05) is 36.4 Å². The summed E-state index contributed by atoms with van der Waals surface area (Å²) in [5, 5.41) is 11.4. The Labute approximate surface area is 186 Å². The number of hydrogen-bond donors (Lipinski definition) is 1. The number of hydrogen-bond acceptors (Lipinski definition) is 5. The molecule has 0 spiro atoms. The molecule has 0 atom stereocenters. The molecule has 2 aromatic carbocycles. The number of aliphatic hydroxyl groups is 1. The van der Waals surface area contributed by atoms with E-state index in [2.05, 4.69) is 0 Å². The van der Waals surface area contributed by atoms with Crippen LogP contribution in [0.1, 0.15) is 26.4 Å². The maximum Gasteiger partial charge on any atom is 0.254 e. The lowest BCUT2D eigenvalue weighted by Crippen LogP contribution is -2.36. The zero-order valence-corrected chi connectivity index (χ0v) is 18.6. The van der Waals surface area contributed by atoms with Crippen LogP contribution in [0.5, 0.6) is 0 Å². The van der Waals surface area contributed by atoms with Crippen molar-refractivity contribution in [3.63, 3.8) is 0 Å². The van der Waals surface area contributed by atoms with Gasteiger partial charge in [-0.15, -0.1) is 11.3 Å². The number of carbonyl (C=O) groups is 1. The van der Waals surface area contributed by atoms with Crippen molar-refractivity contribution in [1.29, 1.82) is 0 Å². The molecule has 0 unspecified atom stereocenters. The summed E-state index contributed by atoms with van der Waals surface area (Å²) in [5.74, 6) is -0.311. The van der Waals surface area contributed by atoms with Crippen LogP contribution in [0, 0.1) is 0 Å². The molecule has 31 heavy (non-hydrogen) atoms. The Morgan fingerprint density at radius 2 is 1.90 bits per heavy atom. The molecule has 0 bridgehead atoms. The minimum absolute atomic E-state index is 0.112. The first-order valence-corrected chi connectivity index (χ1v) is 12.4. The van der Waals surface area contributed by atoms with Crippen LogP contribution in [0.3, 0.4) is 0 Å². The van der Waals surface area contributed by atoms with Crippen molar-refractivity contribution in [2.24, 2.45) is 0 Å². The summed E-state index contributed by atoms with van der Waals surface area (Å²) >= 11 is 1.66. The van der Waals surface area contributed by atoms with Crippen molar-refractivity contribution < 1.29 is 18.3 Å². The van der Waals surface area contributed by atoms with Gasteiger partial charge in [0.1, 0.15) is 0 Å². The fourth-order valence-corrected chi connectivity index (χ4v) is 6.08. The van der Waals surface area contributed by atoms with Gasteiger partial charge in [-0.2, -0.15) is 4.31 Å². The molecule has 0 saturated carbocycles. The summed E-state index contributed by atoms with van der Waals surface area (Å²) in [6, 6.07) is 17.7. The van der Waals surface area contributed by atoms with Crippen molar-refractivity contribution in [3.8, 4) is 0 Å². The number of amides is 1. The van der Waals surface area contributed by atoms with E-state index in [4.69, 9.17) is 0 Å². The molecule has 0 radical (unpaired) electrons. The summed E-state index contributed by atoms with van der Waals surface area (Å²) in [6.45, 7) is 1.11. The Kier molecular flexibility index (Phi) is 6.52. The highest BCUT2D eigenvalue weighted by Crippen LogP contribution is 2.28. The smallest absolute Gasteiger partial charge is 0.254 e. The average molecular weight is 457 g/mol. The molecule has 1 aromatic heterocycles. The van der Waals surface area contributed by atoms with Crippen LogP contribution in [0.25, 0.3) is 0 Å². The first kappa shape index (κ1) is 21.7. The normalized spacial score (nSPS) is 14.2. The Balaban J connectivity index is 1.57. The molecule has 1 N–H and O–H groups in total. The van der Waals surface area contributed by atoms with Crippen molar-refractivity contribution in [3.05, 3.63) is 87.6 Å². The van der Waals surface area contributed by atoms with Gasteiger partial charge in [-0.25, -0.2) is 8.42 Å². The summed E-state index contributed by atoms with van der Waals surface area (Å²) < 4.78 is 28.0. The quantitative estimate of drug-likeness (QED) is 0.593. The molecule has 6 nitrogen and oxygen atoms in total. The molecular formula is C23H24N2O4S2. The van der Waals surface area contributed by atoms with Gasteiger partial charge in [0.2, 0.25) is 10.0 Å². The zero-order valence-electron chi connectivity index (χ0n) is 17.0. The topological polar surface area (TPSA) is 77.9 Å². The van der Waals surface area contributed by atoms with Gasteiger partial charge >= 0.3 is 0 Å². The highest BCUT2D eigenvalue weighted by Gasteiger charge is 2.29. The molecule has 1 aliphatic heterocycles. The van der Waals surface area contributed by atoms with Gasteiger partial charge in [0, 0.05) is 36.6 Å². The second-order valence-electron chi connectivity index (χ2n) is 7.42. The van der Waals surface area contributed by atoms with E-state index in [-0.39, 0.29) is 24.0 Å². The number of thiophene rings is 1. The monoisotopic (exact) mass is 456 g/mol. The number of carbonyl (C=O) groups excluding carboxylic acids is 1. The van der Waals surface area contributed by atoms with E-state index in [9.17, 15) is 18.3 Å². The van der Waals surface area contributed by atoms with Gasteiger partial charge in [-0.3, -0.25) is 4.79 Å². The van der Waals surface area contributed by atoms with E-state index < -0.39 is 10.0 Å². The second kappa shape index (κ2) is 9.32. The summed E-state index contributed by atoms with van der Waals surface area (Å²) in [6.07, 6.45) is 0.701. The third-order valence-corrected chi connectivity index (χ3v) is 8.23. The first-order valence-electron chi connectivity index (χ1n) is 10.1. The summed E-state index contributed by atoms with van der Waals surface area (Å²) in [7, 11) is -3.72. The Morgan fingerprint density at radius 1 is 1.10 bits per heavy atom. The van der Waals surface area contributed by atoms with Crippen LogP contribution in [0.4, 0.5) is 0 Å². The van der Waals surface area contributed by atoms with Crippen molar-refractivity contribution in [1.82, 2.24) is 9.21 Å². The molecule has 162 valence electrons. The van der Waals surface area contributed by atoms with Crippen LogP contribution >= 0.6 is 11.3 Å². The fourth-order valence-electron chi connectivity index (χ4n) is 3.73. The van der Waals surface area contributed by atoms with Gasteiger partial charge in [0.25, 0.3) is 5.91 Å². The SMILES string of the molecule is O=C(c1cccc(S(=O)(=O)N2CCc3sccc3C2)c1)N(CCO)Cc1ccccc1. The van der Waals surface area contributed by atoms with Crippen molar-refractivity contribution >= 4 is 27.3 Å². The standard InChI is InChI=1S/C23H24N2O4S2/c26-13-12-24(16-18-5-2-1-3-6-18)23(27)19-7-4-8-21(15-19)31(28,29)25-11-9-22-20(17-25)10-14-30-22/h1-8,10,14-15,26H,9,11-13,16-17H2. The lowest BCUT2D eigenvalue weighted by molar-refractivity contribution is 0.0707. The van der Waals surface area contributed by atoms with E-state index in [1.165, 1.54) is 26.2 Å². The number of benzene rings is 2. The molecular weight excluding hydrogens is 432 g/mol. The number of rotatable bonds is 7. The molecule has 0 saturated heterocycles. The van der Waals surface area contributed by atoms with Gasteiger partial charge in [0.05, 0.1) is 11.5 Å². The van der Waals surface area contributed by atoms with Crippen LogP contribution < -0.4 is 0 Å². The van der Waals surface area contributed by atoms with E-state index in [1.54, 1.807) is 23.5 Å². The first-order chi connectivity index (χ1) is 15.0. The molecule has 3 aromatic rings. The predicted octanol–water partition coefficient (Wildman–Crippen LogP) is 3.13. The maximum atomic E-state index is 13.2. The molecule has 1 aliphatic rings. The van der Waals surface area contributed by atoms with Crippen molar-refractivity contribution in [2.75, 3.05) is 19.7 Å². The maximum absolute atomic E-state index is 13.2. The zero-order chi connectivity index (χ0) is 21.8. The third kappa shape index (κ3) is 4.72. The van der Waals surface area contributed by atoms with Gasteiger partial charge < -0.3 is 10.0 Å². The molecule has 4 rings (SSSR count). The van der Waals surface area contributed by atoms with Gasteiger partial charge in [0.15, 0.2) is 0 Å². The van der Waals surface area contributed by atoms with Crippen molar-refractivity contribution in [2.45, 2.75) is 24.4 Å². The Bertz CT molecular complexity index is 1160. The lowest BCUT2D eigenvalue weighted by Gasteiger charge is -2.26. The Morgan fingerprint density at radius 3 is 2.68 bits per heavy atom. The number of sulfonamides is 1. The minimum atomic E-state index is -3.72.